The van der Waals surface area contributed by atoms with Gasteiger partial charge in [-0.2, -0.15) is 0 Å². The second kappa shape index (κ2) is 10.0. The van der Waals surface area contributed by atoms with E-state index in [2.05, 4.69) is 34.5 Å². The van der Waals surface area contributed by atoms with Crippen LogP contribution < -0.4 is 11.1 Å². The normalized spacial score (nSPS) is 19.2. The van der Waals surface area contributed by atoms with Crippen molar-refractivity contribution >= 4 is 30.7 Å². The summed E-state index contributed by atoms with van der Waals surface area (Å²) in [5.41, 5.74) is 6.88. The zero-order valence-electron chi connectivity index (χ0n) is 12.3. The minimum atomic E-state index is -0.427. The molecule has 1 heterocycles. The zero-order valence-corrected chi connectivity index (χ0v) is 14.0. The molecule has 21 heavy (non-hydrogen) atoms. The molecule has 3 N–H and O–H groups in total. The van der Waals surface area contributed by atoms with Gasteiger partial charge in [0.1, 0.15) is 0 Å². The lowest BCUT2D eigenvalue weighted by molar-refractivity contribution is -0.122. The number of nitrogens with one attached hydrogen (secondary N) is 1. The van der Waals surface area contributed by atoms with E-state index in [1.54, 1.807) is 6.92 Å². The van der Waals surface area contributed by atoms with E-state index >= 15 is 0 Å². The third kappa shape index (κ3) is 6.22. The van der Waals surface area contributed by atoms with Gasteiger partial charge in [0.25, 0.3) is 0 Å². The van der Waals surface area contributed by atoms with E-state index in [9.17, 15) is 4.79 Å². The highest BCUT2D eigenvalue weighted by molar-refractivity contribution is 5.85. The maximum atomic E-state index is 11.5. The van der Waals surface area contributed by atoms with Gasteiger partial charge in [0.15, 0.2) is 0 Å². The third-order valence-electron chi connectivity index (χ3n) is 3.65. The van der Waals surface area contributed by atoms with Gasteiger partial charge in [-0.05, 0) is 31.9 Å². The molecule has 4 nitrogen and oxygen atoms in total. The number of nitrogens with zero attached hydrogens (tertiary/aromatic N) is 1. The maximum Gasteiger partial charge on any atom is 0.236 e. The Hall–Kier alpha value is -0.810. The summed E-state index contributed by atoms with van der Waals surface area (Å²) < 4.78 is 0. The molecular weight excluding hydrogens is 309 g/mol. The standard InChI is InChI=1S/C15H23N3O.2ClH/c1-12(16)15(19)17-10-14-8-5-9-18(14)11-13-6-3-2-4-7-13;;/h2-4,6-7,12,14H,5,8-11,16H2,1H3,(H,17,19);2*1H/t12-,14?;;/m1../s1. The molecular formula is C15H25Cl2N3O. The number of hydrogen-bond acceptors (Lipinski definition) is 3. The smallest absolute Gasteiger partial charge is 0.236 e. The van der Waals surface area contributed by atoms with Crippen molar-refractivity contribution < 1.29 is 4.79 Å². The summed E-state index contributed by atoms with van der Waals surface area (Å²) in [6.45, 7) is 4.48. The predicted molar refractivity (Wildman–Crippen MR) is 91.0 cm³/mol. The number of hydrogen-bond donors (Lipinski definition) is 2. The first kappa shape index (κ1) is 20.2. The fourth-order valence-electron chi connectivity index (χ4n) is 2.53. The molecule has 0 aromatic heterocycles. The van der Waals surface area contributed by atoms with Crippen molar-refractivity contribution in [3.8, 4) is 0 Å². The molecule has 0 bridgehead atoms. The SMILES string of the molecule is C[C@@H](N)C(=O)NCC1CCCN1Cc1ccccc1.Cl.Cl. The van der Waals surface area contributed by atoms with Crippen molar-refractivity contribution in [2.24, 2.45) is 5.73 Å². The number of carbonyl (C=O) groups excluding carboxylic acids is 1. The molecule has 1 aromatic carbocycles. The number of likely N-dealkylation sites (tertiary alicyclic amines) is 1. The lowest BCUT2D eigenvalue weighted by Gasteiger charge is -2.25. The highest BCUT2D eigenvalue weighted by atomic mass is 35.5. The van der Waals surface area contributed by atoms with Gasteiger partial charge < -0.3 is 11.1 Å². The highest BCUT2D eigenvalue weighted by Gasteiger charge is 2.24. The molecule has 1 amide bonds. The van der Waals surface area contributed by atoms with E-state index in [4.69, 9.17) is 5.73 Å². The van der Waals surface area contributed by atoms with E-state index in [0.717, 1.165) is 19.5 Å². The molecule has 2 rings (SSSR count). The zero-order chi connectivity index (χ0) is 13.7. The van der Waals surface area contributed by atoms with Crippen molar-refractivity contribution in [1.29, 1.82) is 0 Å². The van der Waals surface area contributed by atoms with Crippen LogP contribution in [0, 0.1) is 0 Å². The quantitative estimate of drug-likeness (QED) is 0.865. The second-order valence-electron chi connectivity index (χ2n) is 5.29. The van der Waals surface area contributed by atoms with Gasteiger partial charge >= 0.3 is 0 Å². The number of carbonyl (C=O) groups is 1. The average molecular weight is 334 g/mol. The molecule has 1 aliphatic rings. The number of benzene rings is 1. The van der Waals surface area contributed by atoms with Crippen molar-refractivity contribution in [1.82, 2.24) is 10.2 Å². The van der Waals surface area contributed by atoms with Gasteiger partial charge in [0.2, 0.25) is 5.91 Å². The summed E-state index contributed by atoms with van der Waals surface area (Å²) >= 11 is 0. The van der Waals surface area contributed by atoms with Gasteiger partial charge in [0.05, 0.1) is 6.04 Å². The van der Waals surface area contributed by atoms with Crippen LogP contribution in [-0.4, -0.2) is 36.0 Å². The second-order valence-corrected chi connectivity index (χ2v) is 5.29. The van der Waals surface area contributed by atoms with Crippen LogP contribution in [0.2, 0.25) is 0 Å². The van der Waals surface area contributed by atoms with Crippen LogP contribution in [0.3, 0.4) is 0 Å². The molecule has 0 aliphatic carbocycles. The average Bonchev–Trinajstić information content (AvgIpc) is 2.84. The minimum Gasteiger partial charge on any atom is -0.353 e. The monoisotopic (exact) mass is 333 g/mol. The van der Waals surface area contributed by atoms with Gasteiger partial charge in [-0.25, -0.2) is 0 Å². The molecule has 1 aliphatic heterocycles. The minimum absolute atomic E-state index is 0. The Morgan fingerprint density at radius 3 is 2.67 bits per heavy atom. The van der Waals surface area contributed by atoms with Crippen molar-refractivity contribution in [3.63, 3.8) is 0 Å². The number of nitrogens with two attached hydrogens (primary N) is 1. The number of halogens is 2. The summed E-state index contributed by atoms with van der Waals surface area (Å²) in [5.74, 6) is -0.0634. The Labute approximate surface area is 139 Å². The Morgan fingerprint density at radius 1 is 1.38 bits per heavy atom. The first-order valence-electron chi connectivity index (χ1n) is 6.98. The molecule has 120 valence electrons. The largest absolute Gasteiger partial charge is 0.353 e. The molecule has 1 saturated heterocycles. The lowest BCUT2D eigenvalue weighted by atomic mass is 10.1. The topological polar surface area (TPSA) is 58.4 Å². The summed E-state index contributed by atoms with van der Waals surface area (Å²) in [5, 5.41) is 2.93. The van der Waals surface area contributed by atoms with Crippen LogP contribution >= 0.6 is 24.8 Å². The molecule has 6 heteroatoms. The first-order chi connectivity index (χ1) is 9.16. The highest BCUT2D eigenvalue weighted by Crippen LogP contribution is 2.19. The predicted octanol–water partition coefficient (Wildman–Crippen LogP) is 1.96. The molecule has 1 aromatic rings. The van der Waals surface area contributed by atoms with Crippen molar-refractivity contribution in [3.05, 3.63) is 35.9 Å². The molecule has 0 saturated carbocycles. The first-order valence-corrected chi connectivity index (χ1v) is 6.98. The molecule has 2 atom stereocenters. The van der Waals surface area contributed by atoms with Gasteiger partial charge in [0, 0.05) is 19.1 Å². The third-order valence-corrected chi connectivity index (χ3v) is 3.65. The Kier molecular flexibility index (Phi) is 9.62. The van der Waals surface area contributed by atoms with Gasteiger partial charge in [-0.15, -0.1) is 24.8 Å². The van der Waals surface area contributed by atoms with Crippen LogP contribution in [0.25, 0.3) is 0 Å². The van der Waals surface area contributed by atoms with E-state index < -0.39 is 6.04 Å². The number of amides is 1. The molecule has 1 unspecified atom stereocenters. The van der Waals surface area contributed by atoms with Gasteiger partial charge in [-0.1, -0.05) is 30.3 Å². The Bertz CT molecular complexity index is 415. The van der Waals surface area contributed by atoms with Crippen LogP contribution in [0.1, 0.15) is 25.3 Å². The van der Waals surface area contributed by atoms with Crippen LogP contribution in [0.5, 0.6) is 0 Å². The van der Waals surface area contributed by atoms with E-state index in [0.29, 0.717) is 12.6 Å². The Morgan fingerprint density at radius 2 is 2.05 bits per heavy atom. The number of rotatable bonds is 5. The van der Waals surface area contributed by atoms with Crippen LogP contribution in [0.15, 0.2) is 30.3 Å². The van der Waals surface area contributed by atoms with E-state index in [1.807, 2.05) is 6.07 Å². The maximum absolute atomic E-state index is 11.5. The Balaban J connectivity index is 0.00000200. The van der Waals surface area contributed by atoms with Crippen LogP contribution in [0.4, 0.5) is 0 Å². The molecule has 0 radical (unpaired) electrons. The van der Waals surface area contributed by atoms with E-state index in [-0.39, 0.29) is 30.7 Å². The van der Waals surface area contributed by atoms with E-state index in [1.165, 1.54) is 12.0 Å². The summed E-state index contributed by atoms with van der Waals surface area (Å²) in [6.07, 6.45) is 2.34. The fourth-order valence-corrected chi connectivity index (χ4v) is 2.53. The summed E-state index contributed by atoms with van der Waals surface area (Å²) in [6, 6.07) is 10.5. The molecule has 0 spiro atoms. The summed E-state index contributed by atoms with van der Waals surface area (Å²) in [7, 11) is 0. The van der Waals surface area contributed by atoms with Crippen LogP contribution in [-0.2, 0) is 11.3 Å². The fraction of sp³-hybridized carbons (Fsp3) is 0.533. The lowest BCUT2D eigenvalue weighted by Crippen LogP contribution is -2.44. The van der Waals surface area contributed by atoms with Crippen molar-refractivity contribution in [2.75, 3.05) is 13.1 Å². The molecule has 1 fully saturated rings. The van der Waals surface area contributed by atoms with Gasteiger partial charge in [-0.3, -0.25) is 9.69 Å². The summed E-state index contributed by atoms with van der Waals surface area (Å²) in [4.78, 5) is 14.0. The van der Waals surface area contributed by atoms with Crippen molar-refractivity contribution in [2.45, 2.75) is 38.4 Å².